The predicted octanol–water partition coefficient (Wildman–Crippen LogP) is 0.913. The Kier molecular flexibility index (Phi) is 5.26. The highest BCUT2D eigenvalue weighted by Gasteiger charge is 2.26. The van der Waals surface area contributed by atoms with Gasteiger partial charge in [-0.25, -0.2) is 9.18 Å². The summed E-state index contributed by atoms with van der Waals surface area (Å²) in [7, 11) is 1.32. The molecule has 1 rings (SSSR count). The van der Waals surface area contributed by atoms with E-state index >= 15 is 0 Å². The number of aliphatic carboxylic acids is 1. The summed E-state index contributed by atoms with van der Waals surface area (Å²) < 4.78 is 17.4. The molecule has 1 aromatic carbocycles. The summed E-state index contributed by atoms with van der Waals surface area (Å²) in [6.45, 7) is -1.17. The number of carbonyl (C=O) groups excluding carboxylic acids is 1. The minimum atomic E-state index is -1.56. The number of methoxy groups -OCH3 is 1. The largest absolute Gasteiger partial charge is 0.480 e. The van der Waals surface area contributed by atoms with Gasteiger partial charge in [0, 0.05) is 7.11 Å². The molecular formula is C12H14FNO4. The number of ether oxygens (including phenoxy) is 1. The molecule has 2 unspecified atom stereocenters. The molecule has 18 heavy (non-hydrogen) atoms. The van der Waals surface area contributed by atoms with Crippen molar-refractivity contribution < 1.29 is 23.8 Å². The molecule has 0 saturated heterocycles. The highest BCUT2D eigenvalue weighted by atomic mass is 19.1. The fourth-order valence-electron chi connectivity index (χ4n) is 1.44. The van der Waals surface area contributed by atoms with Crippen molar-refractivity contribution in [3.63, 3.8) is 0 Å². The molecule has 2 atom stereocenters. The number of rotatable bonds is 6. The molecule has 0 heterocycles. The molecule has 0 radical (unpaired) electrons. The zero-order valence-electron chi connectivity index (χ0n) is 9.80. The summed E-state index contributed by atoms with van der Waals surface area (Å²) in [5.41, 5.74) is 0.570. The number of hydrogen-bond acceptors (Lipinski definition) is 3. The van der Waals surface area contributed by atoms with Gasteiger partial charge < -0.3 is 15.2 Å². The second-order valence-corrected chi connectivity index (χ2v) is 3.58. The van der Waals surface area contributed by atoms with Crippen LogP contribution in [0.1, 0.15) is 11.7 Å². The zero-order valence-corrected chi connectivity index (χ0v) is 9.80. The Morgan fingerprint density at radius 3 is 2.44 bits per heavy atom. The third-order valence-electron chi connectivity index (χ3n) is 2.35. The van der Waals surface area contributed by atoms with Gasteiger partial charge in [0.1, 0.15) is 6.67 Å². The maximum atomic E-state index is 12.4. The van der Waals surface area contributed by atoms with Crippen LogP contribution in [-0.4, -0.2) is 36.8 Å². The van der Waals surface area contributed by atoms with Gasteiger partial charge in [-0.1, -0.05) is 30.3 Å². The first-order valence-electron chi connectivity index (χ1n) is 5.27. The van der Waals surface area contributed by atoms with E-state index in [2.05, 4.69) is 5.32 Å². The van der Waals surface area contributed by atoms with E-state index in [9.17, 15) is 14.0 Å². The average Bonchev–Trinajstić information content (AvgIpc) is 2.37. The minimum absolute atomic E-state index is 0.570. The van der Waals surface area contributed by atoms with Crippen LogP contribution in [0, 0.1) is 0 Å². The van der Waals surface area contributed by atoms with Crippen molar-refractivity contribution in [2.24, 2.45) is 0 Å². The minimum Gasteiger partial charge on any atom is -0.480 e. The number of alkyl halides is 1. The average molecular weight is 255 g/mol. The highest BCUT2D eigenvalue weighted by Crippen LogP contribution is 2.16. The van der Waals surface area contributed by atoms with Gasteiger partial charge in [0.2, 0.25) is 0 Å². The molecule has 0 fully saturated rings. The lowest BCUT2D eigenvalue weighted by molar-refractivity contribution is -0.144. The Morgan fingerprint density at radius 2 is 2.00 bits per heavy atom. The molecule has 1 aromatic rings. The molecule has 2 N–H and O–H groups in total. The maximum absolute atomic E-state index is 12.4. The van der Waals surface area contributed by atoms with Gasteiger partial charge in [-0.2, -0.15) is 0 Å². The number of carboxylic acid groups (broad SMARTS) is 1. The molecule has 0 bridgehead atoms. The standard InChI is InChI=1S/C12H14FNO4/c1-18-10(8-5-3-2-4-6-8)11(15)14-9(7-13)12(16)17/h2-6,9-10H,7H2,1H3,(H,14,15)(H,16,17). The van der Waals surface area contributed by atoms with Crippen molar-refractivity contribution >= 4 is 11.9 Å². The summed E-state index contributed by atoms with van der Waals surface area (Å²) >= 11 is 0. The van der Waals surface area contributed by atoms with E-state index in [0.717, 1.165) is 0 Å². The van der Waals surface area contributed by atoms with Gasteiger partial charge >= 0.3 is 5.97 Å². The van der Waals surface area contributed by atoms with E-state index in [4.69, 9.17) is 9.84 Å². The van der Waals surface area contributed by atoms with Gasteiger partial charge in [0.25, 0.3) is 5.91 Å². The maximum Gasteiger partial charge on any atom is 0.328 e. The van der Waals surface area contributed by atoms with Crippen molar-refractivity contribution in [2.45, 2.75) is 12.1 Å². The molecule has 0 saturated carbocycles. The van der Waals surface area contributed by atoms with Crippen LogP contribution in [0.3, 0.4) is 0 Å². The van der Waals surface area contributed by atoms with Crippen LogP contribution in [0.15, 0.2) is 30.3 Å². The molecule has 0 aliphatic heterocycles. The van der Waals surface area contributed by atoms with Crippen molar-refractivity contribution in [3.05, 3.63) is 35.9 Å². The quantitative estimate of drug-likeness (QED) is 0.792. The van der Waals surface area contributed by atoms with Gasteiger partial charge in [0.05, 0.1) is 0 Å². The third kappa shape index (κ3) is 3.53. The second kappa shape index (κ2) is 6.70. The lowest BCUT2D eigenvalue weighted by Gasteiger charge is -2.18. The van der Waals surface area contributed by atoms with Crippen LogP contribution in [0.4, 0.5) is 4.39 Å². The van der Waals surface area contributed by atoms with Crippen LogP contribution in [0.5, 0.6) is 0 Å². The monoisotopic (exact) mass is 255 g/mol. The molecule has 6 heteroatoms. The Labute approximate surface area is 104 Å². The molecule has 0 spiro atoms. The number of amides is 1. The summed E-state index contributed by atoms with van der Waals surface area (Å²) in [5, 5.41) is 10.7. The van der Waals surface area contributed by atoms with E-state index in [-0.39, 0.29) is 0 Å². The van der Waals surface area contributed by atoms with Crippen molar-refractivity contribution in [3.8, 4) is 0 Å². The molecule has 98 valence electrons. The number of hydrogen-bond donors (Lipinski definition) is 2. The number of carbonyl (C=O) groups is 2. The Hall–Kier alpha value is -1.95. The van der Waals surface area contributed by atoms with Gasteiger partial charge in [-0.05, 0) is 5.56 Å². The highest BCUT2D eigenvalue weighted by molar-refractivity contribution is 5.87. The Morgan fingerprint density at radius 1 is 1.39 bits per heavy atom. The fraction of sp³-hybridized carbons (Fsp3) is 0.333. The van der Waals surface area contributed by atoms with E-state index in [1.54, 1.807) is 30.3 Å². The number of benzene rings is 1. The number of carboxylic acids is 1. The van der Waals surface area contributed by atoms with E-state index in [0.29, 0.717) is 5.56 Å². The summed E-state index contributed by atoms with van der Waals surface area (Å²) in [6, 6.07) is 6.99. The molecule has 0 aliphatic carbocycles. The lowest BCUT2D eigenvalue weighted by atomic mass is 10.1. The van der Waals surface area contributed by atoms with E-state index < -0.39 is 30.7 Å². The normalized spacial score (nSPS) is 13.7. The Balaban J connectivity index is 2.78. The summed E-state index contributed by atoms with van der Waals surface area (Å²) in [6.07, 6.45) is -0.959. The van der Waals surface area contributed by atoms with Crippen LogP contribution >= 0.6 is 0 Å². The van der Waals surface area contributed by atoms with Gasteiger partial charge in [-0.3, -0.25) is 4.79 Å². The predicted molar refractivity (Wildman–Crippen MR) is 61.7 cm³/mol. The van der Waals surface area contributed by atoms with Crippen molar-refractivity contribution in [1.82, 2.24) is 5.32 Å². The van der Waals surface area contributed by atoms with Crippen LogP contribution in [0.25, 0.3) is 0 Å². The summed E-state index contributed by atoms with van der Waals surface area (Å²) in [5.74, 6) is -2.11. The van der Waals surface area contributed by atoms with E-state index in [1.165, 1.54) is 7.11 Å². The summed E-state index contributed by atoms with van der Waals surface area (Å²) in [4.78, 5) is 22.4. The first-order chi connectivity index (χ1) is 8.60. The molecule has 1 amide bonds. The van der Waals surface area contributed by atoms with Crippen LogP contribution in [0.2, 0.25) is 0 Å². The van der Waals surface area contributed by atoms with Crippen molar-refractivity contribution in [1.29, 1.82) is 0 Å². The van der Waals surface area contributed by atoms with Crippen LogP contribution < -0.4 is 5.32 Å². The fourth-order valence-corrected chi connectivity index (χ4v) is 1.44. The SMILES string of the molecule is COC(C(=O)NC(CF)C(=O)O)c1ccccc1. The number of halogens is 1. The van der Waals surface area contributed by atoms with Crippen molar-refractivity contribution in [2.75, 3.05) is 13.8 Å². The third-order valence-corrected chi connectivity index (χ3v) is 2.35. The van der Waals surface area contributed by atoms with E-state index in [1.807, 2.05) is 0 Å². The lowest BCUT2D eigenvalue weighted by Crippen LogP contribution is -2.44. The number of nitrogens with one attached hydrogen (secondary N) is 1. The zero-order chi connectivity index (χ0) is 13.5. The molecule has 0 aromatic heterocycles. The molecule has 0 aliphatic rings. The molecule has 5 nitrogen and oxygen atoms in total. The topological polar surface area (TPSA) is 75.6 Å². The first kappa shape index (κ1) is 14.1. The van der Waals surface area contributed by atoms with Gasteiger partial charge in [0.15, 0.2) is 12.1 Å². The smallest absolute Gasteiger partial charge is 0.328 e. The van der Waals surface area contributed by atoms with Crippen LogP contribution in [-0.2, 0) is 14.3 Å². The first-order valence-corrected chi connectivity index (χ1v) is 5.27. The molecular weight excluding hydrogens is 241 g/mol. The second-order valence-electron chi connectivity index (χ2n) is 3.58. The van der Waals surface area contributed by atoms with Gasteiger partial charge in [-0.15, -0.1) is 0 Å². The Bertz CT molecular complexity index is 410.